The van der Waals surface area contributed by atoms with E-state index in [0.717, 1.165) is 21.9 Å². The minimum Gasteiger partial charge on any atom is -0.508 e. The van der Waals surface area contributed by atoms with Crippen molar-refractivity contribution >= 4 is 18.4 Å². The summed E-state index contributed by atoms with van der Waals surface area (Å²) in [6.45, 7) is 4.10. The Morgan fingerprint density at radius 3 is 1.94 bits per heavy atom. The molecule has 4 aromatic carbocycles. The minimum absolute atomic E-state index is 0.162. The topological polar surface area (TPSA) is 67.8 Å². The van der Waals surface area contributed by atoms with Crippen LogP contribution in [-0.2, 0) is 13.6 Å². The van der Waals surface area contributed by atoms with Crippen molar-refractivity contribution in [2.75, 3.05) is 13.2 Å². The van der Waals surface area contributed by atoms with E-state index in [4.69, 9.17) is 9.05 Å². The van der Waals surface area contributed by atoms with Crippen molar-refractivity contribution in [2.24, 2.45) is 0 Å². The second-order valence-corrected chi connectivity index (χ2v) is 10.0. The fourth-order valence-corrected chi connectivity index (χ4v) is 6.25. The van der Waals surface area contributed by atoms with Crippen molar-refractivity contribution in [3.8, 4) is 5.75 Å². The van der Waals surface area contributed by atoms with Crippen LogP contribution in [0.2, 0.25) is 0 Å². The van der Waals surface area contributed by atoms with E-state index in [2.05, 4.69) is 5.32 Å². The lowest BCUT2D eigenvalue weighted by molar-refractivity contribution is 0.206. The summed E-state index contributed by atoms with van der Waals surface area (Å²) in [5, 5.41) is 16.6. The van der Waals surface area contributed by atoms with Gasteiger partial charge in [0, 0.05) is 5.56 Å². The number of aromatic hydroxyl groups is 1. The van der Waals surface area contributed by atoms with Gasteiger partial charge in [0.25, 0.3) is 0 Å². The third-order valence-electron chi connectivity index (χ3n) is 5.74. The minimum atomic E-state index is -3.61. The highest BCUT2D eigenvalue weighted by Crippen LogP contribution is 2.60. The summed E-state index contributed by atoms with van der Waals surface area (Å²) < 4.78 is 25.7. The number of nitrogens with one attached hydrogen (secondary N) is 1. The molecule has 0 bridgehead atoms. The van der Waals surface area contributed by atoms with Crippen LogP contribution in [0.3, 0.4) is 0 Å². The largest absolute Gasteiger partial charge is 0.508 e. The number of fused-ring (bicyclic) bond motifs is 1. The summed E-state index contributed by atoms with van der Waals surface area (Å²) in [6.07, 6.45) is 0. The molecule has 2 N–H and O–H groups in total. The van der Waals surface area contributed by atoms with Gasteiger partial charge in [-0.05, 0) is 41.8 Å². The Hall–Kier alpha value is -2.95. The Bertz CT molecular complexity index is 1250. The standard InChI is InChI=1S/C28H30NO4P/c1-3-32-34(31,33-4-2)28(23-16-9-6-10-17-23)29-27(22-14-7-5-8-15-22)26-24-18-12-11-13-21(24)19-20-25(26)30/h5-20,27-30H,3-4H2,1-2H3/t27-,28-/m1/s1. The Morgan fingerprint density at radius 2 is 1.32 bits per heavy atom. The van der Waals surface area contributed by atoms with Gasteiger partial charge in [0.05, 0.1) is 19.3 Å². The van der Waals surface area contributed by atoms with Crippen LogP contribution in [0, 0.1) is 0 Å². The van der Waals surface area contributed by atoms with Crippen LogP contribution in [0.4, 0.5) is 0 Å². The Kier molecular flexibility index (Phi) is 7.81. The summed E-state index contributed by atoms with van der Waals surface area (Å²) in [7, 11) is -3.61. The average molecular weight is 476 g/mol. The third kappa shape index (κ3) is 5.08. The predicted molar refractivity (Wildman–Crippen MR) is 137 cm³/mol. The molecular formula is C28H30NO4P. The number of rotatable bonds is 10. The molecule has 0 unspecified atom stereocenters. The van der Waals surface area contributed by atoms with E-state index < -0.39 is 19.4 Å². The molecule has 6 heteroatoms. The maximum atomic E-state index is 14.1. The highest BCUT2D eigenvalue weighted by atomic mass is 31.2. The number of hydrogen-bond donors (Lipinski definition) is 2. The van der Waals surface area contributed by atoms with E-state index in [1.807, 2.05) is 91.0 Å². The van der Waals surface area contributed by atoms with E-state index in [0.29, 0.717) is 5.56 Å². The third-order valence-corrected chi connectivity index (χ3v) is 8.06. The molecular weight excluding hydrogens is 445 g/mol. The molecule has 2 atom stereocenters. The van der Waals surface area contributed by atoms with Crippen LogP contribution in [0.15, 0.2) is 97.1 Å². The first-order chi connectivity index (χ1) is 16.6. The van der Waals surface area contributed by atoms with Gasteiger partial charge in [-0.3, -0.25) is 9.88 Å². The number of phenolic OH excluding ortho intramolecular Hbond substituents is 1. The highest BCUT2D eigenvalue weighted by Gasteiger charge is 2.39. The quantitative estimate of drug-likeness (QED) is 0.238. The smallest absolute Gasteiger partial charge is 0.351 e. The maximum Gasteiger partial charge on any atom is 0.351 e. The van der Waals surface area contributed by atoms with Crippen molar-refractivity contribution < 1.29 is 18.7 Å². The molecule has 0 aromatic heterocycles. The van der Waals surface area contributed by atoms with Crippen LogP contribution in [0.5, 0.6) is 5.75 Å². The van der Waals surface area contributed by atoms with Crippen LogP contribution >= 0.6 is 7.60 Å². The molecule has 0 fully saturated rings. The fourth-order valence-electron chi connectivity index (χ4n) is 4.29. The molecule has 4 aromatic rings. The molecule has 5 nitrogen and oxygen atoms in total. The van der Waals surface area contributed by atoms with Gasteiger partial charge in [-0.2, -0.15) is 0 Å². The molecule has 0 saturated carbocycles. The molecule has 0 aliphatic rings. The summed E-state index contributed by atoms with van der Waals surface area (Å²) in [4.78, 5) is 0. The first-order valence-electron chi connectivity index (χ1n) is 11.5. The molecule has 0 heterocycles. The molecule has 0 aliphatic carbocycles. The SMILES string of the molecule is CCOP(=O)(OCC)[C@@H](N[C@H](c1ccccc1)c1c(O)ccc2ccccc12)c1ccccc1. The second kappa shape index (κ2) is 11.0. The normalized spacial score (nSPS) is 13.6. The van der Waals surface area contributed by atoms with Gasteiger partial charge in [0.2, 0.25) is 0 Å². The first kappa shape index (κ1) is 24.2. The first-order valence-corrected chi connectivity index (χ1v) is 13.1. The lowest BCUT2D eigenvalue weighted by Crippen LogP contribution is -2.29. The summed E-state index contributed by atoms with van der Waals surface area (Å²) in [6, 6.07) is 30.4. The van der Waals surface area contributed by atoms with Crippen LogP contribution in [0.1, 0.15) is 42.4 Å². The Balaban J connectivity index is 1.92. The van der Waals surface area contributed by atoms with Gasteiger partial charge in [-0.25, -0.2) is 0 Å². The molecule has 0 spiro atoms. The van der Waals surface area contributed by atoms with Gasteiger partial charge in [0.1, 0.15) is 11.5 Å². The van der Waals surface area contributed by atoms with Gasteiger partial charge < -0.3 is 14.2 Å². The highest BCUT2D eigenvalue weighted by molar-refractivity contribution is 7.54. The lowest BCUT2D eigenvalue weighted by atomic mass is 9.92. The monoisotopic (exact) mass is 475 g/mol. The van der Waals surface area contributed by atoms with Crippen LogP contribution < -0.4 is 5.32 Å². The van der Waals surface area contributed by atoms with Crippen molar-refractivity contribution in [3.63, 3.8) is 0 Å². The zero-order chi connectivity index (χ0) is 24.0. The van der Waals surface area contributed by atoms with Crippen molar-refractivity contribution in [3.05, 3.63) is 114 Å². The summed E-state index contributed by atoms with van der Waals surface area (Å²) in [5.74, 6) is -0.591. The Labute approximate surface area is 200 Å². The molecule has 0 aliphatic heterocycles. The summed E-state index contributed by atoms with van der Waals surface area (Å²) >= 11 is 0. The van der Waals surface area contributed by atoms with Gasteiger partial charge >= 0.3 is 7.60 Å². The molecule has 176 valence electrons. The van der Waals surface area contributed by atoms with Crippen LogP contribution in [-0.4, -0.2) is 18.3 Å². The molecule has 4 rings (SSSR count). The van der Waals surface area contributed by atoms with E-state index in [9.17, 15) is 9.67 Å². The molecule has 0 radical (unpaired) electrons. The van der Waals surface area contributed by atoms with E-state index >= 15 is 0 Å². The maximum absolute atomic E-state index is 14.1. The zero-order valence-corrected chi connectivity index (χ0v) is 20.3. The van der Waals surface area contributed by atoms with Crippen molar-refractivity contribution in [1.29, 1.82) is 0 Å². The van der Waals surface area contributed by atoms with Gasteiger partial charge in [-0.1, -0.05) is 91.0 Å². The fraction of sp³-hybridized carbons (Fsp3) is 0.214. The van der Waals surface area contributed by atoms with E-state index in [1.165, 1.54) is 0 Å². The second-order valence-electron chi connectivity index (χ2n) is 7.92. The number of benzene rings is 4. The number of phenols is 1. The molecule has 34 heavy (non-hydrogen) atoms. The summed E-state index contributed by atoms with van der Waals surface area (Å²) in [5.41, 5.74) is 2.42. The van der Waals surface area contributed by atoms with Gasteiger partial charge in [-0.15, -0.1) is 0 Å². The van der Waals surface area contributed by atoms with E-state index in [1.54, 1.807) is 19.9 Å². The predicted octanol–water partition coefficient (Wildman–Crippen LogP) is 7.19. The average Bonchev–Trinajstić information content (AvgIpc) is 2.86. The van der Waals surface area contributed by atoms with Crippen molar-refractivity contribution in [2.45, 2.75) is 25.7 Å². The molecule has 0 saturated heterocycles. The van der Waals surface area contributed by atoms with Crippen molar-refractivity contribution in [1.82, 2.24) is 5.32 Å². The van der Waals surface area contributed by atoms with Crippen LogP contribution in [0.25, 0.3) is 10.8 Å². The van der Waals surface area contributed by atoms with E-state index in [-0.39, 0.29) is 19.0 Å². The lowest BCUT2D eigenvalue weighted by Gasteiger charge is -2.32. The molecule has 0 amide bonds. The zero-order valence-electron chi connectivity index (χ0n) is 19.4. The van der Waals surface area contributed by atoms with Gasteiger partial charge in [0.15, 0.2) is 0 Å². The number of hydrogen-bond acceptors (Lipinski definition) is 5. The Morgan fingerprint density at radius 1 is 0.765 bits per heavy atom.